The third-order valence-corrected chi connectivity index (χ3v) is 6.44. The predicted molar refractivity (Wildman–Crippen MR) is 126 cm³/mol. The van der Waals surface area contributed by atoms with Crippen molar-refractivity contribution in [2.24, 2.45) is 7.05 Å². The lowest BCUT2D eigenvalue weighted by Gasteiger charge is -2.31. The summed E-state index contributed by atoms with van der Waals surface area (Å²) < 4.78 is 10.00. The third-order valence-electron chi connectivity index (χ3n) is 6.44. The molecule has 0 aliphatic carbocycles. The molecule has 0 radical (unpaired) electrons. The molecule has 33 heavy (non-hydrogen) atoms. The second-order valence-electron chi connectivity index (χ2n) is 8.77. The minimum absolute atomic E-state index is 0.267. The molecule has 10 nitrogen and oxygen atoms in total. The fraction of sp³-hybridized carbons (Fsp3) is 0.435. The molecule has 0 aromatic carbocycles. The van der Waals surface area contributed by atoms with Crippen molar-refractivity contribution in [3.8, 4) is 17.3 Å². The molecule has 1 saturated heterocycles. The molecule has 0 saturated carbocycles. The van der Waals surface area contributed by atoms with E-state index in [4.69, 9.17) is 14.8 Å². The van der Waals surface area contributed by atoms with Crippen LogP contribution in [0.25, 0.3) is 22.3 Å². The summed E-state index contributed by atoms with van der Waals surface area (Å²) in [6, 6.07) is 4.18. The zero-order valence-electron chi connectivity index (χ0n) is 18.9. The summed E-state index contributed by atoms with van der Waals surface area (Å²) in [6.45, 7) is 4.96. The number of pyridine rings is 1. The van der Waals surface area contributed by atoms with Gasteiger partial charge in [-0.1, -0.05) is 0 Å². The average molecular weight is 446 g/mol. The highest BCUT2D eigenvalue weighted by atomic mass is 16.5. The first-order chi connectivity index (χ1) is 16.2. The largest absolute Gasteiger partial charge is 0.477 e. The molecule has 4 bridgehead atoms. The fourth-order valence-corrected chi connectivity index (χ4v) is 4.46. The van der Waals surface area contributed by atoms with Gasteiger partial charge in [0.25, 0.3) is 0 Å². The van der Waals surface area contributed by atoms with Crippen LogP contribution in [0.4, 0.5) is 17.5 Å². The molecule has 4 aromatic rings. The molecular weight excluding hydrogens is 418 g/mol. The van der Waals surface area contributed by atoms with Crippen molar-refractivity contribution in [3.63, 3.8) is 0 Å². The van der Waals surface area contributed by atoms with E-state index in [0.717, 1.165) is 60.5 Å². The second-order valence-corrected chi connectivity index (χ2v) is 8.77. The summed E-state index contributed by atoms with van der Waals surface area (Å²) in [6.07, 6.45) is 9.63. The Morgan fingerprint density at radius 3 is 2.85 bits per heavy atom. The smallest absolute Gasteiger partial charge is 0.222 e. The summed E-state index contributed by atoms with van der Waals surface area (Å²) in [5, 5.41) is 13.8. The maximum atomic E-state index is 6.11. The normalized spacial score (nSPS) is 18.5. The molecular formula is C23H27N9O. The summed E-state index contributed by atoms with van der Waals surface area (Å²) in [7, 11) is 1.87. The van der Waals surface area contributed by atoms with Crippen molar-refractivity contribution in [2.75, 3.05) is 29.9 Å². The van der Waals surface area contributed by atoms with Gasteiger partial charge in [0.05, 0.1) is 23.7 Å². The van der Waals surface area contributed by atoms with E-state index in [1.807, 2.05) is 19.3 Å². The Balaban J connectivity index is 1.44. The molecule has 4 aromatic heterocycles. The molecule has 1 unspecified atom stereocenters. The van der Waals surface area contributed by atoms with E-state index in [1.54, 1.807) is 17.1 Å². The van der Waals surface area contributed by atoms with Crippen molar-refractivity contribution in [2.45, 2.75) is 38.6 Å². The van der Waals surface area contributed by atoms with Crippen LogP contribution in [-0.4, -0.2) is 54.2 Å². The molecule has 1 atom stereocenters. The van der Waals surface area contributed by atoms with Gasteiger partial charge < -0.3 is 15.0 Å². The van der Waals surface area contributed by atoms with Gasteiger partial charge in [-0.05, 0) is 38.7 Å². The minimum Gasteiger partial charge on any atom is -0.477 e. The number of anilines is 3. The van der Waals surface area contributed by atoms with Crippen LogP contribution in [0, 0.1) is 0 Å². The molecule has 10 heteroatoms. The summed E-state index contributed by atoms with van der Waals surface area (Å²) >= 11 is 0. The third kappa shape index (κ3) is 3.55. The lowest BCUT2D eigenvalue weighted by atomic mass is 10.1. The van der Waals surface area contributed by atoms with Gasteiger partial charge in [0.2, 0.25) is 5.88 Å². The van der Waals surface area contributed by atoms with Gasteiger partial charge >= 0.3 is 0 Å². The van der Waals surface area contributed by atoms with Gasteiger partial charge in [0.1, 0.15) is 17.2 Å². The molecule has 1 fully saturated rings. The minimum atomic E-state index is 0.267. The van der Waals surface area contributed by atoms with Crippen LogP contribution in [0.5, 0.6) is 5.88 Å². The topological polar surface area (TPSA) is 98.8 Å². The van der Waals surface area contributed by atoms with Gasteiger partial charge in [-0.25, -0.2) is 19.6 Å². The fourth-order valence-electron chi connectivity index (χ4n) is 4.46. The van der Waals surface area contributed by atoms with Gasteiger partial charge in [-0.15, -0.1) is 0 Å². The SMILES string of the molecule is CC1CCCCOc2c(cnn2C)-c2nccc(n2)Nc2cc3c(cn2)c(N2CCC2)nn31. The van der Waals surface area contributed by atoms with E-state index in [-0.39, 0.29) is 6.04 Å². The first kappa shape index (κ1) is 20.0. The van der Waals surface area contributed by atoms with E-state index in [9.17, 15) is 0 Å². The van der Waals surface area contributed by atoms with Crippen LogP contribution >= 0.6 is 0 Å². The molecule has 2 aliphatic rings. The Morgan fingerprint density at radius 1 is 1.09 bits per heavy atom. The molecule has 1 N–H and O–H groups in total. The van der Waals surface area contributed by atoms with Gasteiger partial charge in [-0.2, -0.15) is 10.2 Å². The van der Waals surface area contributed by atoms with E-state index in [1.165, 1.54) is 6.42 Å². The Bertz CT molecular complexity index is 1310. The van der Waals surface area contributed by atoms with Crippen LogP contribution in [0.3, 0.4) is 0 Å². The Labute approximate surface area is 191 Å². The zero-order chi connectivity index (χ0) is 22.4. The second kappa shape index (κ2) is 8.02. The number of nitrogens with one attached hydrogen (secondary N) is 1. The molecule has 6 rings (SSSR count). The molecule has 6 heterocycles. The number of aryl methyl sites for hydroxylation is 1. The van der Waals surface area contributed by atoms with Gasteiger partial charge in [0, 0.05) is 44.6 Å². The summed E-state index contributed by atoms with van der Waals surface area (Å²) in [4.78, 5) is 16.2. The van der Waals surface area contributed by atoms with Crippen LogP contribution in [0.1, 0.15) is 38.6 Å². The molecule has 170 valence electrons. The Kier molecular flexibility index (Phi) is 4.85. The molecule has 0 spiro atoms. The van der Waals surface area contributed by atoms with Crippen LogP contribution in [0.2, 0.25) is 0 Å². The van der Waals surface area contributed by atoms with Crippen molar-refractivity contribution in [3.05, 3.63) is 30.7 Å². The lowest BCUT2D eigenvalue weighted by Crippen LogP contribution is -2.37. The van der Waals surface area contributed by atoms with Crippen LogP contribution in [-0.2, 0) is 7.05 Å². The Hall–Kier alpha value is -3.69. The number of nitrogens with zero attached hydrogens (tertiary/aromatic N) is 8. The monoisotopic (exact) mass is 445 g/mol. The zero-order valence-corrected chi connectivity index (χ0v) is 18.9. The number of hydrogen-bond donors (Lipinski definition) is 1. The van der Waals surface area contributed by atoms with Crippen LogP contribution in [0.15, 0.2) is 30.7 Å². The van der Waals surface area contributed by atoms with E-state index >= 15 is 0 Å². The average Bonchev–Trinajstić information content (AvgIpc) is 3.33. The molecule has 0 amide bonds. The highest BCUT2D eigenvalue weighted by molar-refractivity contribution is 5.92. The van der Waals surface area contributed by atoms with E-state index in [2.05, 4.69) is 43.0 Å². The predicted octanol–water partition coefficient (Wildman–Crippen LogP) is 3.70. The van der Waals surface area contributed by atoms with E-state index < -0.39 is 0 Å². The lowest BCUT2D eigenvalue weighted by molar-refractivity contribution is 0.276. The maximum Gasteiger partial charge on any atom is 0.222 e. The van der Waals surface area contributed by atoms with Gasteiger partial charge in [0.15, 0.2) is 11.6 Å². The highest BCUT2D eigenvalue weighted by Gasteiger charge is 2.24. The van der Waals surface area contributed by atoms with E-state index in [0.29, 0.717) is 24.1 Å². The number of hydrogen-bond acceptors (Lipinski definition) is 8. The first-order valence-electron chi connectivity index (χ1n) is 11.6. The molecule has 2 aliphatic heterocycles. The number of fused-ring (bicyclic) bond motifs is 5. The number of aromatic nitrogens is 7. The number of rotatable bonds is 1. The van der Waals surface area contributed by atoms with Crippen LogP contribution < -0.4 is 15.0 Å². The Morgan fingerprint density at radius 2 is 2.00 bits per heavy atom. The highest BCUT2D eigenvalue weighted by Crippen LogP contribution is 2.34. The first-order valence-corrected chi connectivity index (χ1v) is 11.6. The maximum absolute atomic E-state index is 6.11. The number of ether oxygens (including phenoxy) is 1. The summed E-state index contributed by atoms with van der Waals surface area (Å²) in [5.74, 6) is 3.67. The standard InChI is InChI=1S/C23H27N9O/c1-15-6-3-4-11-33-23-17(14-26-30(23)2)21-24-8-7-19(28-21)27-20-12-18-16(13-25-20)22(29-32(15)18)31-9-5-10-31/h7-8,12-15H,3-6,9-11H2,1-2H3,(H,24,25,27,28). The van der Waals surface area contributed by atoms with Crippen molar-refractivity contribution in [1.82, 2.24) is 34.5 Å². The quantitative estimate of drug-likeness (QED) is 0.474. The van der Waals surface area contributed by atoms with Crippen molar-refractivity contribution >= 4 is 28.4 Å². The summed E-state index contributed by atoms with van der Waals surface area (Å²) in [5.41, 5.74) is 1.87. The van der Waals surface area contributed by atoms with Crippen molar-refractivity contribution in [1.29, 1.82) is 0 Å². The van der Waals surface area contributed by atoms with Gasteiger partial charge in [-0.3, -0.25) is 4.68 Å². The van der Waals surface area contributed by atoms with Crippen molar-refractivity contribution < 1.29 is 4.74 Å².